The summed E-state index contributed by atoms with van der Waals surface area (Å²) in [7, 11) is 0. The van der Waals surface area contributed by atoms with Crippen molar-refractivity contribution in [1.82, 2.24) is 9.97 Å². The Kier molecular flexibility index (Phi) is 3.46. The Hall–Kier alpha value is -2.10. The number of nitrogens with two attached hydrogens (primary N) is 1. The highest BCUT2D eigenvalue weighted by molar-refractivity contribution is 5.70. The minimum atomic E-state index is 0.116. The number of hydrogen-bond acceptors (Lipinski definition) is 4. The molecule has 2 rings (SSSR count). The first kappa shape index (κ1) is 12.4. The average molecular weight is 243 g/mol. The van der Waals surface area contributed by atoms with Gasteiger partial charge in [-0.2, -0.15) is 0 Å². The van der Waals surface area contributed by atoms with E-state index in [1.54, 1.807) is 6.20 Å². The van der Waals surface area contributed by atoms with Crippen LogP contribution in [0.1, 0.15) is 19.4 Å². The van der Waals surface area contributed by atoms with Crippen LogP contribution in [0.4, 0.5) is 5.95 Å². The molecule has 94 valence electrons. The molecule has 0 aliphatic heterocycles. The molecule has 1 heterocycles. The third-order valence-corrected chi connectivity index (χ3v) is 2.50. The smallest absolute Gasteiger partial charge is 0.220 e. The van der Waals surface area contributed by atoms with Crippen LogP contribution in [0, 0.1) is 6.92 Å². The summed E-state index contributed by atoms with van der Waals surface area (Å²) in [6.07, 6.45) is 1.84. The van der Waals surface area contributed by atoms with Crippen molar-refractivity contribution in [2.75, 3.05) is 5.73 Å². The quantitative estimate of drug-likeness (QED) is 0.900. The highest BCUT2D eigenvalue weighted by Crippen LogP contribution is 2.31. The second-order valence-electron chi connectivity index (χ2n) is 4.42. The lowest BCUT2D eigenvalue weighted by Crippen LogP contribution is -2.07. The topological polar surface area (TPSA) is 61.0 Å². The lowest BCUT2D eigenvalue weighted by molar-refractivity contribution is 0.243. The first-order chi connectivity index (χ1) is 8.58. The van der Waals surface area contributed by atoms with Crippen LogP contribution in [0.5, 0.6) is 5.75 Å². The molecule has 1 aromatic heterocycles. The van der Waals surface area contributed by atoms with Crippen molar-refractivity contribution < 1.29 is 4.74 Å². The Balaban J connectivity index is 2.53. The maximum absolute atomic E-state index is 5.79. The molecular formula is C14H17N3O. The van der Waals surface area contributed by atoms with Crippen LogP contribution < -0.4 is 10.5 Å². The molecular weight excluding hydrogens is 226 g/mol. The van der Waals surface area contributed by atoms with Gasteiger partial charge in [0.25, 0.3) is 0 Å². The van der Waals surface area contributed by atoms with Gasteiger partial charge in [-0.15, -0.1) is 0 Å². The van der Waals surface area contributed by atoms with Crippen LogP contribution in [0.15, 0.2) is 30.5 Å². The van der Waals surface area contributed by atoms with Gasteiger partial charge in [0.05, 0.1) is 11.8 Å². The molecule has 0 saturated heterocycles. The third-order valence-electron chi connectivity index (χ3n) is 2.50. The highest BCUT2D eigenvalue weighted by atomic mass is 16.5. The molecule has 0 unspecified atom stereocenters. The molecule has 18 heavy (non-hydrogen) atoms. The van der Waals surface area contributed by atoms with Gasteiger partial charge in [-0.1, -0.05) is 12.1 Å². The number of anilines is 1. The maximum Gasteiger partial charge on any atom is 0.220 e. The van der Waals surface area contributed by atoms with E-state index < -0.39 is 0 Å². The zero-order valence-corrected chi connectivity index (χ0v) is 10.8. The average Bonchev–Trinajstić information content (AvgIpc) is 2.32. The second kappa shape index (κ2) is 5.04. The largest absolute Gasteiger partial charge is 0.490 e. The van der Waals surface area contributed by atoms with E-state index >= 15 is 0 Å². The van der Waals surface area contributed by atoms with E-state index in [9.17, 15) is 0 Å². The molecule has 0 radical (unpaired) electrons. The molecule has 2 aromatic rings. The Bertz CT molecular complexity index is 552. The Morgan fingerprint density at radius 1 is 1.22 bits per heavy atom. The van der Waals surface area contributed by atoms with E-state index in [0.29, 0.717) is 0 Å². The summed E-state index contributed by atoms with van der Waals surface area (Å²) in [5, 5.41) is 0. The fourth-order valence-corrected chi connectivity index (χ4v) is 1.75. The van der Waals surface area contributed by atoms with E-state index in [-0.39, 0.29) is 12.1 Å². The predicted molar refractivity (Wildman–Crippen MR) is 72.4 cm³/mol. The van der Waals surface area contributed by atoms with Gasteiger partial charge >= 0.3 is 0 Å². The third kappa shape index (κ3) is 2.59. The second-order valence-corrected chi connectivity index (χ2v) is 4.42. The minimum absolute atomic E-state index is 0.116. The first-order valence-electron chi connectivity index (χ1n) is 5.93. The van der Waals surface area contributed by atoms with Crippen molar-refractivity contribution in [3.63, 3.8) is 0 Å². The molecule has 0 aliphatic rings. The molecule has 0 aliphatic carbocycles. The molecule has 0 saturated carbocycles. The number of aryl methyl sites for hydroxylation is 1. The summed E-state index contributed by atoms with van der Waals surface area (Å²) in [5.41, 5.74) is 8.39. The number of benzene rings is 1. The van der Waals surface area contributed by atoms with Crippen LogP contribution in [-0.4, -0.2) is 16.1 Å². The summed E-state index contributed by atoms with van der Waals surface area (Å²) in [5.74, 6) is 1.09. The van der Waals surface area contributed by atoms with Crippen molar-refractivity contribution in [3.8, 4) is 17.0 Å². The number of para-hydroxylation sites is 1. The summed E-state index contributed by atoms with van der Waals surface area (Å²) in [6.45, 7) is 5.96. The number of nitrogen functional groups attached to an aromatic ring is 1. The molecule has 0 spiro atoms. The first-order valence-corrected chi connectivity index (χ1v) is 5.93. The monoisotopic (exact) mass is 243 g/mol. The van der Waals surface area contributed by atoms with E-state index in [2.05, 4.69) is 9.97 Å². The van der Waals surface area contributed by atoms with E-state index in [1.165, 1.54) is 0 Å². The lowest BCUT2D eigenvalue weighted by Gasteiger charge is -2.14. The Labute approximate surface area is 107 Å². The summed E-state index contributed by atoms with van der Waals surface area (Å²) >= 11 is 0. The molecule has 1 aromatic carbocycles. The van der Waals surface area contributed by atoms with Crippen LogP contribution in [0.2, 0.25) is 0 Å². The number of ether oxygens (including phenoxy) is 1. The Morgan fingerprint density at radius 2 is 1.94 bits per heavy atom. The number of rotatable bonds is 3. The Morgan fingerprint density at radius 3 is 2.67 bits per heavy atom. The van der Waals surface area contributed by atoms with Crippen molar-refractivity contribution in [2.24, 2.45) is 0 Å². The molecule has 4 nitrogen and oxygen atoms in total. The standard InChI is InChI=1S/C14H17N3O/c1-9(2)18-12-7-5-4-6-11(12)13-10(3)8-16-14(15)17-13/h4-9H,1-3H3,(H2,15,16,17). The van der Waals surface area contributed by atoms with Gasteiger partial charge < -0.3 is 10.5 Å². The normalized spacial score (nSPS) is 10.7. The number of aromatic nitrogens is 2. The van der Waals surface area contributed by atoms with Crippen LogP contribution >= 0.6 is 0 Å². The van der Waals surface area contributed by atoms with Crippen LogP contribution in [0.3, 0.4) is 0 Å². The van der Waals surface area contributed by atoms with Gasteiger partial charge in [0.2, 0.25) is 5.95 Å². The molecule has 0 amide bonds. The van der Waals surface area contributed by atoms with Gasteiger partial charge in [0.1, 0.15) is 5.75 Å². The fourth-order valence-electron chi connectivity index (χ4n) is 1.75. The van der Waals surface area contributed by atoms with Gasteiger partial charge in [0.15, 0.2) is 0 Å². The maximum atomic E-state index is 5.79. The molecule has 0 fully saturated rings. The van der Waals surface area contributed by atoms with Gasteiger partial charge in [-0.3, -0.25) is 0 Å². The molecule has 2 N–H and O–H groups in total. The van der Waals surface area contributed by atoms with Gasteiger partial charge in [0, 0.05) is 11.8 Å². The molecule has 0 bridgehead atoms. The molecule has 0 atom stereocenters. The van der Waals surface area contributed by atoms with Crippen LogP contribution in [-0.2, 0) is 0 Å². The number of nitrogens with zero attached hydrogens (tertiary/aromatic N) is 2. The zero-order valence-electron chi connectivity index (χ0n) is 10.8. The lowest BCUT2D eigenvalue weighted by atomic mass is 10.1. The molecule has 4 heteroatoms. The van der Waals surface area contributed by atoms with Crippen molar-refractivity contribution >= 4 is 5.95 Å². The minimum Gasteiger partial charge on any atom is -0.490 e. The van der Waals surface area contributed by atoms with Crippen molar-refractivity contribution in [2.45, 2.75) is 26.9 Å². The van der Waals surface area contributed by atoms with E-state index in [0.717, 1.165) is 22.6 Å². The highest BCUT2D eigenvalue weighted by Gasteiger charge is 2.11. The summed E-state index contributed by atoms with van der Waals surface area (Å²) < 4.78 is 5.79. The summed E-state index contributed by atoms with van der Waals surface area (Å²) in [4.78, 5) is 8.28. The van der Waals surface area contributed by atoms with Gasteiger partial charge in [-0.05, 0) is 38.5 Å². The number of hydrogen-bond donors (Lipinski definition) is 1. The fraction of sp³-hybridized carbons (Fsp3) is 0.286. The SMILES string of the molecule is Cc1cnc(N)nc1-c1ccccc1OC(C)C. The van der Waals surface area contributed by atoms with E-state index in [4.69, 9.17) is 10.5 Å². The summed E-state index contributed by atoms with van der Waals surface area (Å²) in [6, 6.07) is 7.82. The van der Waals surface area contributed by atoms with E-state index in [1.807, 2.05) is 45.0 Å². The van der Waals surface area contributed by atoms with Crippen molar-refractivity contribution in [3.05, 3.63) is 36.0 Å². The van der Waals surface area contributed by atoms with Crippen LogP contribution in [0.25, 0.3) is 11.3 Å². The van der Waals surface area contributed by atoms with Crippen molar-refractivity contribution in [1.29, 1.82) is 0 Å². The van der Waals surface area contributed by atoms with Gasteiger partial charge in [-0.25, -0.2) is 9.97 Å². The zero-order chi connectivity index (χ0) is 13.1. The predicted octanol–water partition coefficient (Wildman–Crippen LogP) is 2.82.